The van der Waals surface area contributed by atoms with Crippen LogP contribution in [0.3, 0.4) is 0 Å². The minimum Gasteiger partial charge on any atom is -0.360 e. The Morgan fingerprint density at radius 2 is 2.04 bits per heavy atom. The van der Waals surface area contributed by atoms with Crippen molar-refractivity contribution in [2.75, 3.05) is 32.7 Å². The number of hydrogen-bond donors (Lipinski definition) is 1. The summed E-state index contributed by atoms with van der Waals surface area (Å²) in [7, 11) is -3.74. The van der Waals surface area contributed by atoms with Crippen molar-refractivity contribution in [1.82, 2.24) is 19.7 Å². The number of sulfonamides is 1. The predicted molar refractivity (Wildman–Crippen MR) is 103 cm³/mol. The third-order valence-corrected chi connectivity index (χ3v) is 5.87. The monoisotopic (exact) mass is 402 g/mol. The lowest BCUT2D eigenvalue weighted by atomic mass is 10.2. The summed E-state index contributed by atoms with van der Waals surface area (Å²) in [5.41, 5.74) is 1.18. The van der Waals surface area contributed by atoms with Gasteiger partial charge in [-0.3, -0.25) is 9.69 Å². The molecule has 0 spiro atoms. The Morgan fingerprint density at radius 1 is 1.29 bits per heavy atom. The van der Waals surface area contributed by atoms with Gasteiger partial charge < -0.3 is 9.42 Å². The quantitative estimate of drug-likeness (QED) is 0.720. The maximum absolute atomic E-state index is 12.8. The van der Waals surface area contributed by atoms with Crippen LogP contribution in [0.25, 0.3) is 0 Å². The minimum atomic E-state index is -3.74. The fraction of sp³-hybridized carbons (Fsp3) is 0.368. The topological polar surface area (TPSA) is 95.8 Å². The summed E-state index contributed by atoms with van der Waals surface area (Å²) >= 11 is 0. The first kappa shape index (κ1) is 20.1. The van der Waals surface area contributed by atoms with Crippen molar-refractivity contribution in [3.05, 3.63) is 47.3 Å². The van der Waals surface area contributed by atoms with Crippen molar-refractivity contribution in [2.24, 2.45) is 0 Å². The van der Waals surface area contributed by atoms with Crippen LogP contribution in [-0.4, -0.2) is 62.0 Å². The molecular formula is C19H22N4O4S. The Hall–Kier alpha value is -2.67. The number of aryl methyl sites for hydroxylation is 1. The summed E-state index contributed by atoms with van der Waals surface area (Å²) in [4.78, 5) is 16.7. The molecule has 1 aromatic heterocycles. The molecule has 148 valence electrons. The number of carbonyl (C=O) groups is 1. The molecule has 0 aliphatic carbocycles. The van der Waals surface area contributed by atoms with E-state index in [-0.39, 0.29) is 17.3 Å². The molecule has 0 atom stereocenters. The van der Waals surface area contributed by atoms with Crippen LogP contribution in [0.2, 0.25) is 0 Å². The summed E-state index contributed by atoms with van der Waals surface area (Å²) in [6.07, 6.45) is 5.10. The second-order valence-electron chi connectivity index (χ2n) is 6.56. The Balaban J connectivity index is 1.62. The van der Waals surface area contributed by atoms with Crippen LogP contribution < -0.4 is 4.72 Å². The molecular weight excluding hydrogens is 380 g/mol. The van der Waals surface area contributed by atoms with Gasteiger partial charge in [-0.1, -0.05) is 17.1 Å². The minimum absolute atomic E-state index is 0.0212. The largest absolute Gasteiger partial charge is 0.360 e. The van der Waals surface area contributed by atoms with Gasteiger partial charge in [-0.2, -0.15) is 4.72 Å². The summed E-state index contributed by atoms with van der Waals surface area (Å²) < 4.78 is 31.9. The standard InChI is InChI=1S/C19H22N4O4S/c1-3-7-20-28(25,26)18-6-4-5-16(13-18)19(24)23-10-8-22(9-11-23)14-17-12-15(2)21-27-17/h1,4-6,12-13,20H,7-11,14H2,2H3. The Kier molecular flexibility index (Phi) is 6.14. The van der Waals surface area contributed by atoms with Crippen LogP contribution in [0.4, 0.5) is 0 Å². The molecule has 9 heteroatoms. The molecule has 1 fully saturated rings. The van der Waals surface area contributed by atoms with Crippen molar-refractivity contribution in [2.45, 2.75) is 18.4 Å². The highest BCUT2D eigenvalue weighted by molar-refractivity contribution is 7.89. The van der Waals surface area contributed by atoms with Gasteiger partial charge in [0.05, 0.1) is 23.7 Å². The number of nitrogens with zero attached hydrogens (tertiary/aromatic N) is 3. The number of rotatable bonds is 6. The third-order valence-electron chi connectivity index (χ3n) is 4.47. The number of terminal acetylenes is 1. The van der Waals surface area contributed by atoms with E-state index in [2.05, 4.69) is 20.7 Å². The first-order chi connectivity index (χ1) is 13.4. The highest BCUT2D eigenvalue weighted by Crippen LogP contribution is 2.16. The van der Waals surface area contributed by atoms with Crippen LogP contribution in [0.15, 0.2) is 39.8 Å². The molecule has 2 heterocycles. The van der Waals surface area contributed by atoms with Crippen LogP contribution >= 0.6 is 0 Å². The highest BCUT2D eigenvalue weighted by atomic mass is 32.2. The molecule has 8 nitrogen and oxygen atoms in total. The first-order valence-corrected chi connectivity index (χ1v) is 10.3. The zero-order valence-corrected chi connectivity index (χ0v) is 16.4. The fourth-order valence-corrected chi connectivity index (χ4v) is 4.00. The van der Waals surface area contributed by atoms with Crippen molar-refractivity contribution < 1.29 is 17.7 Å². The predicted octanol–water partition coefficient (Wildman–Crippen LogP) is 0.853. The Bertz CT molecular complexity index is 985. The number of nitrogens with one attached hydrogen (secondary N) is 1. The molecule has 1 amide bonds. The third kappa shape index (κ3) is 4.78. The molecule has 0 saturated carbocycles. The van der Waals surface area contributed by atoms with Crippen LogP contribution in [0.1, 0.15) is 21.8 Å². The van der Waals surface area contributed by atoms with Crippen molar-refractivity contribution >= 4 is 15.9 Å². The van der Waals surface area contributed by atoms with E-state index in [9.17, 15) is 13.2 Å². The normalized spacial score (nSPS) is 15.4. The number of benzene rings is 1. The molecule has 1 aromatic carbocycles. The second-order valence-corrected chi connectivity index (χ2v) is 8.33. The average molecular weight is 402 g/mol. The molecule has 0 radical (unpaired) electrons. The van der Waals surface area contributed by atoms with Gasteiger partial charge in [0, 0.05) is 37.8 Å². The van der Waals surface area contributed by atoms with Gasteiger partial charge in [-0.25, -0.2) is 8.42 Å². The van der Waals surface area contributed by atoms with E-state index >= 15 is 0 Å². The molecule has 1 aliphatic heterocycles. The second kappa shape index (κ2) is 8.56. The zero-order valence-electron chi connectivity index (χ0n) is 15.6. The number of amides is 1. The maximum atomic E-state index is 12.8. The molecule has 3 rings (SSSR count). The molecule has 1 aliphatic rings. The van der Waals surface area contributed by atoms with Gasteiger partial charge in [0.2, 0.25) is 10.0 Å². The Morgan fingerprint density at radius 3 is 2.68 bits per heavy atom. The average Bonchev–Trinajstić information content (AvgIpc) is 3.11. The van der Waals surface area contributed by atoms with Crippen molar-refractivity contribution in [3.63, 3.8) is 0 Å². The van der Waals surface area contributed by atoms with E-state index in [1.807, 2.05) is 13.0 Å². The molecule has 1 N–H and O–H groups in total. The van der Waals surface area contributed by atoms with Crippen LogP contribution in [-0.2, 0) is 16.6 Å². The van der Waals surface area contributed by atoms with Gasteiger partial charge in [-0.15, -0.1) is 6.42 Å². The molecule has 2 aromatic rings. The smallest absolute Gasteiger partial charge is 0.253 e. The molecule has 1 saturated heterocycles. The van der Waals surface area contributed by atoms with E-state index < -0.39 is 10.0 Å². The van der Waals surface area contributed by atoms with Gasteiger partial charge in [0.1, 0.15) is 0 Å². The van der Waals surface area contributed by atoms with E-state index in [0.29, 0.717) is 38.3 Å². The zero-order chi connectivity index (χ0) is 20.1. The molecule has 28 heavy (non-hydrogen) atoms. The first-order valence-electron chi connectivity index (χ1n) is 8.86. The van der Waals surface area contributed by atoms with Crippen LogP contribution in [0, 0.1) is 19.3 Å². The van der Waals surface area contributed by atoms with Crippen LogP contribution in [0.5, 0.6) is 0 Å². The van der Waals surface area contributed by atoms with E-state index in [1.54, 1.807) is 17.0 Å². The van der Waals surface area contributed by atoms with Crippen molar-refractivity contribution in [3.8, 4) is 12.3 Å². The van der Waals surface area contributed by atoms with E-state index in [1.165, 1.54) is 12.1 Å². The molecule has 0 bridgehead atoms. The summed E-state index contributed by atoms with van der Waals surface area (Å²) in [6.45, 7) is 4.93. The van der Waals surface area contributed by atoms with Gasteiger partial charge in [-0.05, 0) is 25.1 Å². The number of aromatic nitrogens is 1. The summed E-state index contributed by atoms with van der Waals surface area (Å²) in [5.74, 6) is 2.83. The summed E-state index contributed by atoms with van der Waals surface area (Å²) in [5, 5.41) is 3.88. The van der Waals surface area contributed by atoms with Gasteiger partial charge in [0.25, 0.3) is 5.91 Å². The summed E-state index contributed by atoms with van der Waals surface area (Å²) in [6, 6.07) is 7.89. The number of carbonyl (C=O) groups excluding carboxylic acids is 1. The Labute approximate surface area is 164 Å². The van der Waals surface area contributed by atoms with Gasteiger partial charge in [0.15, 0.2) is 5.76 Å². The maximum Gasteiger partial charge on any atom is 0.253 e. The van der Waals surface area contributed by atoms with Crippen molar-refractivity contribution in [1.29, 1.82) is 0 Å². The van der Waals surface area contributed by atoms with Gasteiger partial charge >= 0.3 is 0 Å². The highest BCUT2D eigenvalue weighted by Gasteiger charge is 2.24. The van der Waals surface area contributed by atoms with E-state index in [0.717, 1.165) is 11.5 Å². The van der Waals surface area contributed by atoms with E-state index in [4.69, 9.17) is 10.9 Å². The lowest BCUT2D eigenvalue weighted by molar-refractivity contribution is 0.0617. The SMILES string of the molecule is C#CCNS(=O)(=O)c1cccc(C(=O)N2CCN(Cc3cc(C)no3)CC2)c1. The lowest BCUT2D eigenvalue weighted by Gasteiger charge is -2.34. The molecule has 0 unspecified atom stereocenters. The fourth-order valence-electron chi connectivity index (χ4n) is 3.02. The lowest BCUT2D eigenvalue weighted by Crippen LogP contribution is -2.48. The number of hydrogen-bond acceptors (Lipinski definition) is 6. The number of piperazine rings is 1.